The monoisotopic (exact) mass is 349 g/mol. The van der Waals surface area contributed by atoms with E-state index in [4.69, 9.17) is 9.72 Å². The number of piperidine rings is 1. The predicted octanol–water partition coefficient (Wildman–Crippen LogP) is 3.66. The van der Waals surface area contributed by atoms with Crippen LogP contribution in [0.5, 0.6) is 5.75 Å². The van der Waals surface area contributed by atoms with E-state index in [0.29, 0.717) is 5.92 Å². The molecule has 1 aliphatic rings. The van der Waals surface area contributed by atoms with Crippen LogP contribution in [0, 0.1) is 6.92 Å². The summed E-state index contributed by atoms with van der Waals surface area (Å²) in [6.07, 6.45) is 1.85. The Morgan fingerprint density at radius 1 is 1.15 bits per heavy atom. The van der Waals surface area contributed by atoms with Crippen LogP contribution in [0.3, 0.4) is 0 Å². The van der Waals surface area contributed by atoms with Crippen molar-refractivity contribution in [2.75, 3.05) is 19.7 Å². The van der Waals surface area contributed by atoms with Crippen molar-refractivity contribution in [1.82, 2.24) is 14.9 Å². The first-order chi connectivity index (χ1) is 12.7. The van der Waals surface area contributed by atoms with Gasteiger partial charge in [0.25, 0.3) is 5.91 Å². The zero-order chi connectivity index (χ0) is 17.9. The Labute approximate surface area is 153 Å². The second-order valence-corrected chi connectivity index (χ2v) is 6.85. The molecule has 5 nitrogen and oxygen atoms in total. The molecule has 4 rings (SSSR count). The number of fused-ring (bicyclic) bond motifs is 1. The van der Waals surface area contributed by atoms with Crippen molar-refractivity contribution in [2.24, 2.45) is 0 Å². The number of hydrogen-bond acceptors (Lipinski definition) is 3. The second kappa shape index (κ2) is 7.20. The Hall–Kier alpha value is -2.82. The van der Waals surface area contributed by atoms with E-state index in [-0.39, 0.29) is 12.5 Å². The van der Waals surface area contributed by atoms with Crippen LogP contribution in [-0.4, -0.2) is 40.5 Å². The molecule has 2 aromatic carbocycles. The number of benzene rings is 2. The lowest BCUT2D eigenvalue weighted by Gasteiger charge is -2.31. The van der Waals surface area contributed by atoms with Crippen molar-refractivity contribution >= 4 is 16.9 Å². The minimum Gasteiger partial charge on any atom is -0.484 e. The number of likely N-dealkylation sites (tertiary alicyclic amines) is 1. The number of hydrogen-bond donors (Lipinski definition) is 1. The van der Waals surface area contributed by atoms with Gasteiger partial charge in [-0.05, 0) is 43.5 Å². The number of imidazole rings is 1. The number of carbonyl (C=O) groups is 1. The smallest absolute Gasteiger partial charge is 0.260 e. The van der Waals surface area contributed by atoms with Gasteiger partial charge >= 0.3 is 0 Å². The summed E-state index contributed by atoms with van der Waals surface area (Å²) >= 11 is 0. The summed E-state index contributed by atoms with van der Waals surface area (Å²) in [4.78, 5) is 22.5. The highest BCUT2D eigenvalue weighted by molar-refractivity contribution is 5.78. The highest BCUT2D eigenvalue weighted by Crippen LogP contribution is 2.27. The first-order valence-corrected chi connectivity index (χ1v) is 9.11. The molecule has 0 bridgehead atoms. The number of ether oxygens (including phenoxy) is 1. The van der Waals surface area contributed by atoms with Crippen molar-refractivity contribution in [3.05, 3.63) is 59.9 Å². The number of nitrogens with one attached hydrogen (secondary N) is 1. The maximum atomic E-state index is 12.4. The van der Waals surface area contributed by atoms with E-state index in [0.717, 1.165) is 54.1 Å². The van der Waals surface area contributed by atoms with Crippen molar-refractivity contribution < 1.29 is 9.53 Å². The Morgan fingerprint density at radius 3 is 2.65 bits per heavy atom. The third-order valence-corrected chi connectivity index (χ3v) is 5.09. The molecule has 1 N–H and O–H groups in total. The van der Waals surface area contributed by atoms with E-state index in [1.54, 1.807) is 0 Å². The maximum Gasteiger partial charge on any atom is 0.260 e. The van der Waals surface area contributed by atoms with Gasteiger partial charge in [-0.15, -0.1) is 0 Å². The van der Waals surface area contributed by atoms with Crippen LogP contribution < -0.4 is 4.74 Å². The number of aryl methyl sites for hydroxylation is 1. The van der Waals surface area contributed by atoms with Gasteiger partial charge in [0, 0.05) is 19.0 Å². The van der Waals surface area contributed by atoms with E-state index in [1.165, 1.54) is 0 Å². The summed E-state index contributed by atoms with van der Waals surface area (Å²) in [6, 6.07) is 15.9. The molecule has 0 saturated carbocycles. The molecule has 5 heteroatoms. The number of H-pyrrole nitrogens is 1. The molecule has 0 atom stereocenters. The molecular formula is C21H23N3O2. The van der Waals surface area contributed by atoms with Crippen LogP contribution in [0.15, 0.2) is 48.5 Å². The second-order valence-electron chi connectivity index (χ2n) is 6.85. The van der Waals surface area contributed by atoms with Crippen molar-refractivity contribution in [3.8, 4) is 5.75 Å². The van der Waals surface area contributed by atoms with Gasteiger partial charge in [0.2, 0.25) is 0 Å². The number of aromatic amines is 1. The molecule has 1 fully saturated rings. The molecule has 1 aromatic heterocycles. The van der Waals surface area contributed by atoms with Crippen LogP contribution in [0.1, 0.15) is 30.1 Å². The van der Waals surface area contributed by atoms with Gasteiger partial charge in [0.1, 0.15) is 11.6 Å². The minimum atomic E-state index is 0.0521. The van der Waals surface area contributed by atoms with Gasteiger partial charge in [0.05, 0.1) is 11.0 Å². The number of rotatable bonds is 4. The van der Waals surface area contributed by atoms with Gasteiger partial charge in [-0.2, -0.15) is 0 Å². The van der Waals surface area contributed by atoms with Crippen molar-refractivity contribution in [3.63, 3.8) is 0 Å². The first kappa shape index (κ1) is 16.6. The topological polar surface area (TPSA) is 58.2 Å². The molecule has 2 heterocycles. The highest BCUT2D eigenvalue weighted by Gasteiger charge is 2.26. The Kier molecular flexibility index (Phi) is 4.61. The normalized spacial score (nSPS) is 15.3. The molecule has 1 saturated heterocycles. The number of aromatic nitrogens is 2. The van der Waals surface area contributed by atoms with Gasteiger partial charge in [0.15, 0.2) is 6.61 Å². The van der Waals surface area contributed by atoms with Gasteiger partial charge < -0.3 is 14.6 Å². The van der Waals surface area contributed by atoms with Crippen LogP contribution >= 0.6 is 0 Å². The summed E-state index contributed by atoms with van der Waals surface area (Å²) in [7, 11) is 0. The van der Waals surface area contributed by atoms with E-state index < -0.39 is 0 Å². The SMILES string of the molecule is Cc1ccccc1OCC(=O)N1CCC(c2nc3ccccc3[nH]2)CC1. The average Bonchev–Trinajstić information content (AvgIpc) is 3.11. The maximum absolute atomic E-state index is 12.4. The Bertz CT molecular complexity index is 877. The van der Waals surface area contributed by atoms with Gasteiger partial charge in [-0.1, -0.05) is 30.3 Å². The number of carbonyl (C=O) groups excluding carboxylic acids is 1. The van der Waals surface area contributed by atoms with Crippen LogP contribution in [0.4, 0.5) is 0 Å². The summed E-state index contributed by atoms with van der Waals surface area (Å²) in [5, 5.41) is 0. The molecule has 1 aliphatic heterocycles. The fraction of sp³-hybridized carbons (Fsp3) is 0.333. The predicted molar refractivity (Wildman–Crippen MR) is 101 cm³/mol. The van der Waals surface area contributed by atoms with E-state index in [1.807, 2.05) is 60.4 Å². The first-order valence-electron chi connectivity index (χ1n) is 9.11. The Morgan fingerprint density at radius 2 is 1.88 bits per heavy atom. The zero-order valence-electron chi connectivity index (χ0n) is 14.9. The molecule has 0 unspecified atom stereocenters. The molecule has 0 aliphatic carbocycles. The molecular weight excluding hydrogens is 326 g/mol. The molecule has 0 radical (unpaired) electrons. The third kappa shape index (κ3) is 3.43. The molecule has 0 spiro atoms. The van der Waals surface area contributed by atoms with E-state index in [2.05, 4.69) is 4.98 Å². The Balaban J connectivity index is 1.33. The number of amides is 1. The molecule has 1 amide bonds. The fourth-order valence-electron chi connectivity index (χ4n) is 3.52. The summed E-state index contributed by atoms with van der Waals surface area (Å²) < 4.78 is 5.69. The zero-order valence-corrected chi connectivity index (χ0v) is 14.9. The van der Waals surface area contributed by atoms with Crippen LogP contribution in [-0.2, 0) is 4.79 Å². The number of nitrogens with zero attached hydrogens (tertiary/aromatic N) is 2. The third-order valence-electron chi connectivity index (χ3n) is 5.09. The highest BCUT2D eigenvalue weighted by atomic mass is 16.5. The van der Waals surface area contributed by atoms with Crippen molar-refractivity contribution in [1.29, 1.82) is 0 Å². The lowest BCUT2D eigenvalue weighted by atomic mass is 9.96. The molecule has 3 aromatic rings. The van der Waals surface area contributed by atoms with Crippen LogP contribution in [0.25, 0.3) is 11.0 Å². The van der Waals surface area contributed by atoms with E-state index >= 15 is 0 Å². The van der Waals surface area contributed by atoms with Gasteiger partial charge in [-0.3, -0.25) is 4.79 Å². The summed E-state index contributed by atoms with van der Waals surface area (Å²) in [5.74, 6) is 2.24. The average molecular weight is 349 g/mol. The lowest BCUT2D eigenvalue weighted by molar-refractivity contribution is -0.134. The fourth-order valence-corrected chi connectivity index (χ4v) is 3.52. The summed E-state index contributed by atoms with van der Waals surface area (Å²) in [5.41, 5.74) is 3.13. The van der Waals surface area contributed by atoms with Gasteiger partial charge in [-0.25, -0.2) is 4.98 Å². The minimum absolute atomic E-state index is 0.0521. The lowest BCUT2D eigenvalue weighted by Crippen LogP contribution is -2.40. The molecule has 134 valence electrons. The quantitative estimate of drug-likeness (QED) is 0.782. The molecule has 26 heavy (non-hydrogen) atoms. The largest absolute Gasteiger partial charge is 0.484 e. The summed E-state index contributed by atoms with van der Waals surface area (Å²) in [6.45, 7) is 3.58. The van der Waals surface area contributed by atoms with E-state index in [9.17, 15) is 4.79 Å². The van der Waals surface area contributed by atoms with Crippen molar-refractivity contribution in [2.45, 2.75) is 25.7 Å². The standard InChI is InChI=1S/C21H23N3O2/c1-15-6-2-5-9-19(15)26-14-20(25)24-12-10-16(11-13-24)21-22-17-7-3-4-8-18(17)23-21/h2-9,16H,10-14H2,1H3,(H,22,23). The van der Waals surface area contributed by atoms with Crippen LogP contribution in [0.2, 0.25) is 0 Å². The number of para-hydroxylation sites is 3.